The minimum Gasteiger partial charge on any atom is -0.329 e. The third-order valence-electron chi connectivity index (χ3n) is 5.56. The summed E-state index contributed by atoms with van der Waals surface area (Å²) in [5.41, 5.74) is 6.83. The Balaban J connectivity index is 2.07. The van der Waals surface area contributed by atoms with Crippen molar-refractivity contribution in [1.29, 1.82) is 0 Å². The number of nitrogens with two attached hydrogens (primary N) is 1. The van der Waals surface area contributed by atoms with Gasteiger partial charge in [0.1, 0.15) is 0 Å². The zero-order chi connectivity index (χ0) is 12.0. The van der Waals surface area contributed by atoms with Crippen molar-refractivity contribution in [3.05, 3.63) is 0 Å². The van der Waals surface area contributed by atoms with Gasteiger partial charge in [0.05, 0.1) is 0 Å². The van der Waals surface area contributed by atoms with E-state index < -0.39 is 0 Å². The molecule has 2 aliphatic rings. The SMILES string of the molecule is CC(C)C1CCN(C(C)(CN)C2(C)CC2)C1. The highest BCUT2D eigenvalue weighted by molar-refractivity contribution is 5.10. The molecule has 16 heavy (non-hydrogen) atoms. The van der Waals surface area contributed by atoms with Crippen molar-refractivity contribution in [3.63, 3.8) is 0 Å². The number of hydrogen-bond acceptors (Lipinski definition) is 2. The van der Waals surface area contributed by atoms with Crippen molar-refractivity contribution in [2.45, 2.75) is 52.5 Å². The first kappa shape index (κ1) is 12.4. The van der Waals surface area contributed by atoms with E-state index >= 15 is 0 Å². The fourth-order valence-electron chi connectivity index (χ4n) is 3.26. The van der Waals surface area contributed by atoms with Crippen LogP contribution in [0.15, 0.2) is 0 Å². The summed E-state index contributed by atoms with van der Waals surface area (Å²) >= 11 is 0. The molecule has 0 bridgehead atoms. The van der Waals surface area contributed by atoms with Crippen LogP contribution in [0.3, 0.4) is 0 Å². The van der Waals surface area contributed by atoms with Crippen LogP contribution < -0.4 is 5.73 Å². The van der Waals surface area contributed by atoms with Gasteiger partial charge in [0.15, 0.2) is 0 Å². The van der Waals surface area contributed by atoms with Gasteiger partial charge in [0.25, 0.3) is 0 Å². The maximum Gasteiger partial charge on any atom is 0.0357 e. The molecule has 2 nitrogen and oxygen atoms in total. The van der Waals surface area contributed by atoms with E-state index in [1.165, 1.54) is 32.4 Å². The van der Waals surface area contributed by atoms with Crippen molar-refractivity contribution in [1.82, 2.24) is 4.90 Å². The van der Waals surface area contributed by atoms with E-state index in [1.54, 1.807) is 0 Å². The molecule has 0 spiro atoms. The van der Waals surface area contributed by atoms with Crippen LogP contribution in [0, 0.1) is 17.3 Å². The third-order valence-corrected chi connectivity index (χ3v) is 5.56. The summed E-state index contributed by atoms with van der Waals surface area (Å²) in [5, 5.41) is 0. The van der Waals surface area contributed by atoms with E-state index in [9.17, 15) is 0 Å². The first-order valence-corrected chi connectivity index (χ1v) is 6.88. The van der Waals surface area contributed by atoms with Crippen molar-refractivity contribution in [2.24, 2.45) is 23.0 Å². The van der Waals surface area contributed by atoms with Gasteiger partial charge in [-0.3, -0.25) is 4.90 Å². The minimum absolute atomic E-state index is 0.247. The Bertz CT molecular complexity index is 257. The molecule has 0 radical (unpaired) electrons. The Kier molecular flexibility index (Phi) is 3.09. The largest absolute Gasteiger partial charge is 0.329 e. The highest BCUT2D eigenvalue weighted by Crippen LogP contribution is 2.56. The third kappa shape index (κ3) is 1.80. The highest BCUT2D eigenvalue weighted by Gasteiger charge is 2.56. The van der Waals surface area contributed by atoms with E-state index in [4.69, 9.17) is 5.73 Å². The maximum absolute atomic E-state index is 6.09. The molecule has 2 heteroatoms. The van der Waals surface area contributed by atoms with Gasteiger partial charge < -0.3 is 5.73 Å². The number of rotatable bonds is 4. The second-order valence-electron chi connectivity index (χ2n) is 6.78. The monoisotopic (exact) mass is 224 g/mol. The number of likely N-dealkylation sites (tertiary alicyclic amines) is 1. The average molecular weight is 224 g/mol. The zero-order valence-corrected chi connectivity index (χ0v) is 11.4. The van der Waals surface area contributed by atoms with Crippen LogP contribution in [0.2, 0.25) is 0 Å². The molecule has 2 fully saturated rings. The van der Waals surface area contributed by atoms with Crippen LogP contribution in [0.5, 0.6) is 0 Å². The number of nitrogens with zero attached hydrogens (tertiary/aromatic N) is 1. The van der Waals surface area contributed by atoms with Gasteiger partial charge in [-0.05, 0) is 50.0 Å². The summed E-state index contributed by atoms with van der Waals surface area (Å²) in [7, 11) is 0. The molecule has 0 amide bonds. The molecule has 2 unspecified atom stereocenters. The highest BCUT2D eigenvalue weighted by atomic mass is 15.2. The summed E-state index contributed by atoms with van der Waals surface area (Å²) in [6, 6.07) is 0. The van der Waals surface area contributed by atoms with Crippen LogP contribution in [-0.4, -0.2) is 30.1 Å². The lowest BCUT2D eigenvalue weighted by Crippen LogP contribution is -2.56. The van der Waals surface area contributed by atoms with Crippen molar-refractivity contribution in [2.75, 3.05) is 19.6 Å². The lowest BCUT2D eigenvalue weighted by molar-refractivity contribution is 0.0650. The zero-order valence-electron chi connectivity index (χ0n) is 11.4. The molecule has 1 saturated heterocycles. The normalized spacial score (nSPS) is 33.0. The molecule has 1 aliphatic carbocycles. The second-order valence-corrected chi connectivity index (χ2v) is 6.78. The predicted molar refractivity (Wildman–Crippen MR) is 69.3 cm³/mol. The van der Waals surface area contributed by atoms with E-state index in [0.717, 1.165) is 18.4 Å². The van der Waals surface area contributed by atoms with E-state index in [2.05, 4.69) is 32.6 Å². The quantitative estimate of drug-likeness (QED) is 0.795. The lowest BCUT2D eigenvalue weighted by atomic mass is 9.82. The summed E-state index contributed by atoms with van der Waals surface area (Å²) in [4.78, 5) is 2.69. The van der Waals surface area contributed by atoms with E-state index in [1.807, 2.05) is 0 Å². The molecule has 0 aromatic heterocycles. The average Bonchev–Trinajstić information content (AvgIpc) is 2.84. The fourth-order valence-corrected chi connectivity index (χ4v) is 3.26. The lowest BCUT2D eigenvalue weighted by Gasteiger charge is -2.44. The molecule has 1 heterocycles. The summed E-state index contributed by atoms with van der Waals surface area (Å²) in [6.45, 7) is 12.9. The maximum atomic E-state index is 6.09. The van der Waals surface area contributed by atoms with Crippen molar-refractivity contribution >= 4 is 0 Å². The molecular weight excluding hydrogens is 196 g/mol. The Hall–Kier alpha value is -0.0800. The molecule has 0 aromatic carbocycles. The minimum atomic E-state index is 0.247. The molecule has 1 saturated carbocycles. The Morgan fingerprint density at radius 3 is 2.44 bits per heavy atom. The fraction of sp³-hybridized carbons (Fsp3) is 1.00. The predicted octanol–water partition coefficient (Wildman–Crippen LogP) is 2.48. The second kappa shape index (κ2) is 3.99. The Morgan fingerprint density at radius 1 is 1.44 bits per heavy atom. The Labute approximate surface area is 101 Å². The van der Waals surface area contributed by atoms with E-state index in [0.29, 0.717) is 5.41 Å². The van der Waals surface area contributed by atoms with Gasteiger partial charge in [-0.15, -0.1) is 0 Å². The molecule has 1 aliphatic heterocycles. The van der Waals surface area contributed by atoms with Gasteiger partial charge in [-0.1, -0.05) is 20.8 Å². The van der Waals surface area contributed by atoms with Crippen LogP contribution in [0.4, 0.5) is 0 Å². The summed E-state index contributed by atoms with van der Waals surface area (Å²) < 4.78 is 0. The van der Waals surface area contributed by atoms with Gasteiger partial charge in [-0.25, -0.2) is 0 Å². The molecule has 94 valence electrons. The Morgan fingerprint density at radius 2 is 2.06 bits per heavy atom. The van der Waals surface area contributed by atoms with Gasteiger partial charge in [-0.2, -0.15) is 0 Å². The topological polar surface area (TPSA) is 29.3 Å². The molecule has 2 N–H and O–H groups in total. The molecule has 2 rings (SSSR count). The summed E-state index contributed by atoms with van der Waals surface area (Å²) in [5.74, 6) is 1.70. The van der Waals surface area contributed by atoms with E-state index in [-0.39, 0.29) is 5.54 Å². The van der Waals surface area contributed by atoms with Crippen LogP contribution in [0.1, 0.15) is 47.0 Å². The van der Waals surface area contributed by atoms with Gasteiger partial charge >= 0.3 is 0 Å². The first-order valence-electron chi connectivity index (χ1n) is 6.88. The van der Waals surface area contributed by atoms with Crippen LogP contribution in [-0.2, 0) is 0 Å². The van der Waals surface area contributed by atoms with Crippen molar-refractivity contribution < 1.29 is 0 Å². The molecular formula is C14H28N2. The van der Waals surface area contributed by atoms with Crippen LogP contribution >= 0.6 is 0 Å². The smallest absolute Gasteiger partial charge is 0.0357 e. The molecule has 2 atom stereocenters. The van der Waals surface area contributed by atoms with Crippen LogP contribution in [0.25, 0.3) is 0 Å². The standard InChI is InChI=1S/C14H28N2/c1-11(2)12-5-8-16(9-12)14(4,10-15)13(3)6-7-13/h11-12H,5-10,15H2,1-4H3. The molecule has 0 aromatic rings. The van der Waals surface area contributed by atoms with Gasteiger partial charge in [0.2, 0.25) is 0 Å². The summed E-state index contributed by atoms with van der Waals surface area (Å²) in [6.07, 6.45) is 4.09. The van der Waals surface area contributed by atoms with Gasteiger partial charge in [0, 0.05) is 18.6 Å². The van der Waals surface area contributed by atoms with Crippen molar-refractivity contribution in [3.8, 4) is 0 Å². The first-order chi connectivity index (χ1) is 7.43. The number of hydrogen-bond donors (Lipinski definition) is 1.